The van der Waals surface area contributed by atoms with Crippen molar-refractivity contribution in [2.75, 3.05) is 19.0 Å². The van der Waals surface area contributed by atoms with Crippen LogP contribution in [0.2, 0.25) is 0 Å². The first-order valence-corrected chi connectivity index (χ1v) is 12.4. The first kappa shape index (κ1) is 24.2. The first-order valence-electron chi connectivity index (χ1n) is 11.5. The molecule has 3 aromatic rings. The van der Waals surface area contributed by atoms with Gasteiger partial charge in [0.25, 0.3) is 17.7 Å². The maximum absolute atomic E-state index is 12.9. The van der Waals surface area contributed by atoms with Crippen LogP contribution in [0.4, 0.5) is 5.00 Å². The zero-order valence-corrected chi connectivity index (χ0v) is 20.6. The smallest absolute Gasteiger partial charge is 0.338 e. The molecule has 5 rings (SSSR count). The van der Waals surface area contributed by atoms with Gasteiger partial charge in [-0.25, -0.2) is 4.79 Å². The van der Waals surface area contributed by atoms with Crippen LogP contribution >= 0.6 is 11.3 Å². The number of ether oxygens (including phenoxy) is 2. The highest BCUT2D eigenvalue weighted by Crippen LogP contribution is 2.38. The molecule has 1 N–H and O–H groups in total. The summed E-state index contributed by atoms with van der Waals surface area (Å²) in [5.74, 6) is -1.68. The summed E-state index contributed by atoms with van der Waals surface area (Å²) < 4.78 is 10.3. The fraction of sp³-hybridized carbons (Fsp3) is 0.222. The molecular weight excluding hydrogens is 494 g/mol. The molecule has 3 amide bonds. The molecule has 0 unspecified atom stereocenters. The Kier molecular flexibility index (Phi) is 6.46. The van der Waals surface area contributed by atoms with Crippen LogP contribution in [0.25, 0.3) is 0 Å². The van der Waals surface area contributed by atoms with Crippen LogP contribution in [0.5, 0.6) is 5.75 Å². The molecule has 0 bridgehead atoms. The zero-order chi connectivity index (χ0) is 26.1. The number of nitrogens with one attached hydrogen (secondary N) is 1. The molecule has 0 spiro atoms. The summed E-state index contributed by atoms with van der Waals surface area (Å²) in [5, 5.41) is 12.6. The number of methoxy groups -OCH3 is 1. The number of hydrogen-bond acceptors (Lipinski definition) is 8. The van der Waals surface area contributed by atoms with Gasteiger partial charge in [0.05, 0.1) is 35.9 Å². The molecule has 1 aromatic heterocycles. The van der Waals surface area contributed by atoms with Crippen molar-refractivity contribution in [3.63, 3.8) is 0 Å². The Hall–Kier alpha value is -4.49. The highest BCUT2D eigenvalue weighted by molar-refractivity contribution is 7.16. The number of imide groups is 1. The average molecular weight is 516 g/mol. The molecule has 0 fully saturated rings. The molecule has 0 atom stereocenters. The molecule has 9 nitrogen and oxygen atoms in total. The largest absolute Gasteiger partial charge is 0.497 e. The number of carbonyl (C=O) groups excluding carboxylic acids is 4. The number of nitriles is 1. The van der Waals surface area contributed by atoms with Crippen LogP contribution < -0.4 is 10.1 Å². The molecule has 2 heterocycles. The van der Waals surface area contributed by atoms with Crippen LogP contribution in [0.1, 0.15) is 59.1 Å². The third kappa shape index (κ3) is 4.57. The monoisotopic (exact) mass is 515 g/mol. The number of fused-ring (bicyclic) bond motifs is 2. The number of amides is 3. The molecule has 10 heteroatoms. The number of nitrogens with zero attached hydrogens (tertiary/aromatic N) is 2. The van der Waals surface area contributed by atoms with Gasteiger partial charge in [0.2, 0.25) is 0 Å². The van der Waals surface area contributed by atoms with Crippen molar-refractivity contribution >= 4 is 40.0 Å². The Labute approximate surface area is 216 Å². The minimum absolute atomic E-state index is 0.0480. The molecule has 1 aliphatic heterocycles. The molecule has 186 valence electrons. The summed E-state index contributed by atoms with van der Waals surface area (Å²) >= 11 is 1.37. The van der Waals surface area contributed by atoms with E-state index in [2.05, 4.69) is 11.4 Å². The van der Waals surface area contributed by atoms with Crippen molar-refractivity contribution in [3.8, 4) is 11.8 Å². The van der Waals surface area contributed by atoms with E-state index >= 15 is 0 Å². The van der Waals surface area contributed by atoms with Gasteiger partial charge in [-0.2, -0.15) is 5.26 Å². The summed E-state index contributed by atoms with van der Waals surface area (Å²) in [4.78, 5) is 52.9. The topological polar surface area (TPSA) is 126 Å². The Bertz CT molecular complexity index is 1480. The van der Waals surface area contributed by atoms with Crippen LogP contribution in [0, 0.1) is 11.3 Å². The van der Waals surface area contributed by atoms with E-state index in [0.29, 0.717) is 16.3 Å². The summed E-state index contributed by atoms with van der Waals surface area (Å²) in [6.07, 6.45) is 2.70. The van der Waals surface area contributed by atoms with E-state index in [0.717, 1.165) is 40.2 Å². The maximum Gasteiger partial charge on any atom is 0.338 e. The number of benzene rings is 2. The minimum atomic E-state index is -0.805. The molecule has 1 aliphatic carbocycles. The Balaban J connectivity index is 1.22. The highest BCUT2D eigenvalue weighted by atomic mass is 32.1. The van der Waals surface area contributed by atoms with Gasteiger partial charge in [0, 0.05) is 4.88 Å². The van der Waals surface area contributed by atoms with Crippen molar-refractivity contribution in [2.24, 2.45) is 0 Å². The second-order valence-corrected chi connectivity index (χ2v) is 9.71. The molecule has 0 saturated carbocycles. The van der Waals surface area contributed by atoms with Gasteiger partial charge in [0.1, 0.15) is 16.8 Å². The van der Waals surface area contributed by atoms with E-state index in [1.807, 2.05) is 0 Å². The number of anilines is 1. The number of thiophene rings is 1. The molecule has 2 aliphatic rings. The summed E-state index contributed by atoms with van der Waals surface area (Å²) in [6, 6.07) is 13.3. The number of hydrogen-bond donors (Lipinski definition) is 1. The Morgan fingerprint density at radius 3 is 2.57 bits per heavy atom. The van der Waals surface area contributed by atoms with Crippen LogP contribution in [0.3, 0.4) is 0 Å². The van der Waals surface area contributed by atoms with Crippen LogP contribution in [0.15, 0.2) is 42.5 Å². The zero-order valence-electron chi connectivity index (χ0n) is 19.8. The van der Waals surface area contributed by atoms with E-state index < -0.39 is 30.3 Å². The van der Waals surface area contributed by atoms with Crippen molar-refractivity contribution in [2.45, 2.75) is 25.8 Å². The van der Waals surface area contributed by atoms with E-state index in [4.69, 9.17) is 9.47 Å². The molecule has 0 saturated heterocycles. The summed E-state index contributed by atoms with van der Waals surface area (Å²) in [6.45, 7) is -0.479. The van der Waals surface area contributed by atoms with Crippen molar-refractivity contribution < 1.29 is 28.7 Å². The number of carbonyl (C=O) groups is 4. The lowest BCUT2D eigenvalue weighted by Crippen LogP contribution is -2.29. The summed E-state index contributed by atoms with van der Waals surface area (Å²) in [7, 11) is 1.55. The SMILES string of the molecule is COc1ccc(CN2C(=O)c3ccc(C(=O)OCC(=O)Nc4sc5c(c4C#N)CCC5)cc3C2=O)cc1. The number of rotatable bonds is 7. The third-order valence-corrected chi connectivity index (χ3v) is 7.53. The van der Waals surface area contributed by atoms with Gasteiger partial charge in [0.15, 0.2) is 6.61 Å². The van der Waals surface area contributed by atoms with Gasteiger partial charge in [-0.3, -0.25) is 19.3 Å². The third-order valence-electron chi connectivity index (χ3n) is 6.33. The van der Waals surface area contributed by atoms with Gasteiger partial charge >= 0.3 is 5.97 Å². The highest BCUT2D eigenvalue weighted by Gasteiger charge is 2.36. The second-order valence-electron chi connectivity index (χ2n) is 8.60. The van der Waals surface area contributed by atoms with Crippen LogP contribution in [-0.4, -0.2) is 42.3 Å². The normalized spacial score (nSPS) is 13.7. The van der Waals surface area contributed by atoms with E-state index in [9.17, 15) is 24.4 Å². The standard InChI is InChI=1S/C27H21N3O6S/c1-35-17-8-5-15(6-9-17)13-30-25(32)19-10-7-16(11-20(19)26(30)33)27(34)36-14-23(31)29-24-21(12-28)18-3-2-4-22(18)37-24/h5-11H,2-4,13-14H2,1H3,(H,29,31). The van der Waals surface area contributed by atoms with Gasteiger partial charge in [-0.1, -0.05) is 12.1 Å². The Morgan fingerprint density at radius 1 is 1.08 bits per heavy atom. The van der Waals surface area contributed by atoms with Gasteiger partial charge < -0.3 is 14.8 Å². The predicted octanol–water partition coefficient (Wildman–Crippen LogP) is 3.71. The lowest BCUT2D eigenvalue weighted by molar-refractivity contribution is -0.119. The fourth-order valence-corrected chi connectivity index (χ4v) is 5.72. The lowest BCUT2D eigenvalue weighted by Gasteiger charge is -2.14. The lowest BCUT2D eigenvalue weighted by atomic mass is 10.1. The predicted molar refractivity (Wildman–Crippen MR) is 134 cm³/mol. The Morgan fingerprint density at radius 2 is 1.84 bits per heavy atom. The van der Waals surface area contributed by atoms with E-state index in [1.165, 1.54) is 29.5 Å². The van der Waals surface area contributed by atoms with Gasteiger partial charge in [-0.15, -0.1) is 11.3 Å². The quantitative estimate of drug-likeness (QED) is 0.376. The minimum Gasteiger partial charge on any atom is -0.497 e. The second kappa shape index (κ2) is 9.87. The van der Waals surface area contributed by atoms with Crippen LogP contribution in [-0.2, 0) is 28.9 Å². The van der Waals surface area contributed by atoms with Crippen molar-refractivity contribution in [1.29, 1.82) is 5.26 Å². The van der Waals surface area contributed by atoms with E-state index in [1.54, 1.807) is 31.4 Å². The van der Waals surface area contributed by atoms with Gasteiger partial charge in [-0.05, 0) is 60.7 Å². The summed E-state index contributed by atoms with van der Waals surface area (Å²) in [5.41, 5.74) is 2.55. The molecule has 0 radical (unpaired) electrons. The average Bonchev–Trinajstić information content (AvgIpc) is 3.56. The van der Waals surface area contributed by atoms with Crippen molar-refractivity contribution in [1.82, 2.24) is 4.90 Å². The maximum atomic E-state index is 12.9. The fourth-order valence-electron chi connectivity index (χ4n) is 4.46. The molecule has 37 heavy (non-hydrogen) atoms. The molecule has 2 aromatic carbocycles. The number of aryl methyl sites for hydroxylation is 1. The number of esters is 1. The molecular formula is C27H21N3O6S. The van der Waals surface area contributed by atoms with Crippen molar-refractivity contribution in [3.05, 3.63) is 80.7 Å². The first-order chi connectivity index (χ1) is 17.9. The van der Waals surface area contributed by atoms with E-state index in [-0.39, 0.29) is 23.2 Å².